The Bertz CT molecular complexity index is 379. The number of rotatable bonds is 1. The van der Waals surface area contributed by atoms with Crippen LogP contribution in [0.15, 0.2) is 34.8 Å². The summed E-state index contributed by atoms with van der Waals surface area (Å²) in [4.78, 5) is 11.0. The fraction of sp³-hybridized carbons (Fsp3) is 0.182. The second-order valence-electron chi connectivity index (χ2n) is 3.09. The zero-order valence-corrected chi connectivity index (χ0v) is 9.08. The van der Waals surface area contributed by atoms with E-state index >= 15 is 0 Å². The average Bonchev–Trinajstić information content (AvgIpc) is 2.19. The molecular formula is C11H9BrO2. The molecule has 0 aliphatic carbocycles. The molecule has 0 amide bonds. The summed E-state index contributed by atoms with van der Waals surface area (Å²) in [5.41, 5.74) is 2.14. The van der Waals surface area contributed by atoms with Crippen LogP contribution in [0, 0.1) is 0 Å². The highest BCUT2D eigenvalue weighted by molar-refractivity contribution is 9.10. The van der Waals surface area contributed by atoms with Crippen LogP contribution in [0.1, 0.15) is 12.0 Å². The molecule has 14 heavy (non-hydrogen) atoms. The maximum absolute atomic E-state index is 11.0. The zero-order chi connectivity index (χ0) is 9.97. The van der Waals surface area contributed by atoms with E-state index in [2.05, 4.69) is 15.9 Å². The minimum atomic E-state index is -0.242. The highest BCUT2D eigenvalue weighted by atomic mass is 79.9. The number of carbonyl (C=O) groups excluding carboxylic acids is 1. The summed E-state index contributed by atoms with van der Waals surface area (Å²) in [5, 5.41) is 0. The van der Waals surface area contributed by atoms with E-state index in [9.17, 15) is 4.79 Å². The highest BCUT2D eigenvalue weighted by Crippen LogP contribution is 2.23. The lowest BCUT2D eigenvalue weighted by Crippen LogP contribution is -2.09. The molecule has 0 aromatic heterocycles. The van der Waals surface area contributed by atoms with Crippen LogP contribution in [-0.4, -0.2) is 12.6 Å². The molecule has 0 saturated heterocycles. The second-order valence-corrected chi connectivity index (χ2v) is 4.01. The van der Waals surface area contributed by atoms with Crippen molar-refractivity contribution in [1.29, 1.82) is 0 Å². The first-order valence-electron chi connectivity index (χ1n) is 4.39. The number of hydrogen-bond donors (Lipinski definition) is 0. The van der Waals surface area contributed by atoms with Gasteiger partial charge < -0.3 is 4.74 Å². The van der Waals surface area contributed by atoms with Crippen LogP contribution in [0.5, 0.6) is 0 Å². The van der Waals surface area contributed by atoms with Gasteiger partial charge in [-0.3, -0.25) is 0 Å². The van der Waals surface area contributed by atoms with Gasteiger partial charge >= 0.3 is 5.97 Å². The lowest BCUT2D eigenvalue weighted by molar-refractivity contribution is -0.138. The molecule has 0 fully saturated rings. The van der Waals surface area contributed by atoms with Crippen molar-refractivity contribution in [3.05, 3.63) is 40.4 Å². The third-order valence-electron chi connectivity index (χ3n) is 2.12. The van der Waals surface area contributed by atoms with Gasteiger partial charge in [0.2, 0.25) is 0 Å². The molecule has 0 radical (unpaired) electrons. The molecule has 2 rings (SSSR count). The van der Waals surface area contributed by atoms with Crippen molar-refractivity contribution >= 4 is 27.5 Å². The molecule has 1 aromatic rings. The normalized spacial score (nSPS) is 16.1. The Balaban J connectivity index is 2.30. The minimum absolute atomic E-state index is 0.242. The van der Waals surface area contributed by atoms with Crippen molar-refractivity contribution in [2.75, 3.05) is 6.61 Å². The van der Waals surface area contributed by atoms with Gasteiger partial charge in [0.05, 0.1) is 6.61 Å². The lowest BCUT2D eigenvalue weighted by Gasteiger charge is -2.13. The Morgan fingerprint density at radius 1 is 1.21 bits per heavy atom. The number of carbonyl (C=O) groups is 1. The van der Waals surface area contributed by atoms with Crippen molar-refractivity contribution in [3.63, 3.8) is 0 Å². The maximum atomic E-state index is 11.0. The molecule has 0 spiro atoms. The first-order chi connectivity index (χ1) is 6.75. The van der Waals surface area contributed by atoms with Crippen LogP contribution in [-0.2, 0) is 9.53 Å². The smallest absolute Gasteiger partial charge is 0.331 e. The molecule has 1 heterocycles. The largest absolute Gasteiger partial charge is 0.462 e. The molecule has 1 aromatic carbocycles. The number of benzene rings is 1. The van der Waals surface area contributed by atoms with Crippen LogP contribution in [0.3, 0.4) is 0 Å². The van der Waals surface area contributed by atoms with Gasteiger partial charge in [0.1, 0.15) is 0 Å². The fourth-order valence-corrected chi connectivity index (χ4v) is 1.67. The first kappa shape index (κ1) is 9.46. The van der Waals surface area contributed by atoms with Crippen LogP contribution < -0.4 is 0 Å². The van der Waals surface area contributed by atoms with E-state index in [1.165, 1.54) is 0 Å². The summed E-state index contributed by atoms with van der Waals surface area (Å²) in [5.74, 6) is -0.242. The Hall–Kier alpha value is -1.09. The standard InChI is InChI=1S/C11H9BrO2/c12-10-3-1-8(2-4-10)9-5-6-14-11(13)7-9/h1-4,7H,5-6H2. The van der Waals surface area contributed by atoms with Gasteiger partial charge in [0.15, 0.2) is 0 Å². The minimum Gasteiger partial charge on any atom is -0.462 e. The highest BCUT2D eigenvalue weighted by Gasteiger charge is 2.11. The van der Waals surface area contributed by atoms with Gasteiger partial charge in [-0.2, -0.15) is 0 Å². The second kappa shape index (κ2) is 3.96. The molecule has 0 atom stereocenters. The van der Waals surface area contributed by atoms with E-state index in [1.807, 2.05) is 24.3 Å². The Morgan fingerprint density at radius 2 is 1.93 bits per heavy atom. The van der Waals surface area contributed by atoms with Crippen molar-refractivity contribution in [3.8, 4) is 0 Å². The van der Waals surface area contributed by atoms with Crippen molar-refractivity contribution in [2.45, 2.75) is 6.42 Å². The number of esters is 1. The van der Waals surface area contributed by atoms with Crippen LogP contribution in [0.25, 0.3) is 5.57 Å². The monoisotopic (exact) mass is 252 g/mol. The predicted octanol–water partition coefficient (Wildman–Crippen LogP) is 2.78. The van der Waals surface area contributed by atoms with E-state index in [0.29, 0.717) is 6.61 Å². The molecule has 0 unspecified atom stereocenters. The Labute approximate surface area is 90.7 Å². The number of ether oxygens (including phenoxy) is 1. The molecule has 0 bridgehead atoms. The molecule has 0 saturated carbocycles. The van der Waals surface area contributed by atoms with Crippen LogP contribution >= 0.6 is 15.9 Å². The maximum Gasteiger partial charge on any atom is 0.331 e. The van der Waals surface area contributed by atoms with Gasteiger partial charge in [0, 0.05) is 17.0 Å². The van der Waals surface area contributed by atoms with Gasteiger partial charge in [-0.25, -0.2) is 4.79 Å². The summed E-state index contributed by atoms with van der Waals surface area (Å²) in [6, 6.07) is 7.93. The summed E-state index contributed by atoms with van der Waals surface area (Å²) in [7, 11) is 0. The quantitative estimate of drug-likeness (QED) is 0.719. The topological polar surface area (TPSA) is 26.3 Å². The Kier molecular flexibility index (Phi) is 2.68. The molecule has 2 nitrogen and oxygen atoms in total. The predicted molar refractivity (Wildman–Crippen MR) is 57.7 cm³/mol. The first-order valence-corrected chi connectivity index (χ1v) is 5.18. The summed E-state index contributed by atoms with van der Waals surface area (Å²) in [6.45, 7) is 0.487. The number of cyclic esters (lactones) is 1. The molecule has 1 aliphatic heterocycles. The van der Waals surface area contributed by atoms with E-state index in [-0.39, 0.29) is 5.97 Å². The average molecular weight is 253 g/mol. The van der Waals surface area contributed by atoms with E-state index in [4.69, 9.17) is 4.74 Å². The molecular weight excluding hydrogens is 244 g/mol. The van der Waals surface area contributed by atoms with E-state index in [1.54, 1.807) is 6.08 Å². The number of halogens is 1. The van der Waals surface area contributed by atoms with E-state index < -0.39 is 0 Å². The van der Waals surface area contributed by atoms with Gasteiger partial charge in [-0.05, 0) is 23.3 Å². The van der Waals surface area contributed by atoms with Crippen LogP contribution in [0.2, 0.25) is 0 Å². The summed E-state index contributed by atoms with van der Waals surface area (Å²) in [6.07, 6.45) is 2.36. The van der Waals surface area contributed by atoms with Gasteiger partial charge in [-0.1, -0.05) is 28.1 Å². The number of hydrogen-bond acceptors (Lipinski definition) is 2. The van der Waals surface area contributed by atoms with Crippen molar-refractivity contribution in [1.82, 2.24) is 0 Å². The summed E-state index contributed by atoms with van der Waals surface area (Å²) < 4.78 is 5.87. The summed E-state index contributed by atoms with van der Waals surface area (Å²) >= 11 is 3.37. The SMILES string of the molecule is O=C1C=C(c2ccc(Br)cc2)CCO1. The molecule has 1 aliphatic rings. The van der Waals surface area contributed by atoms with Gasteiger partial charge in [0.25, 0.3) is 0 Å². The van der Waals surface area contributed by atoms with Crippen LogP contribution in [0.4, 0.5) is 0 Å². The third-order valence-corrected chi connectivity index (χ3v) is 2.65. The van der Waals surface area contributed by atoms with Gasteiger partial charge in [-0.15, -0.1) is 0 Å². The third kappa shape index (κ3) is 2.04. The van der Waals surface area contributed by atoms with E-state index in [0.717, 1.165) is 22.0 Å². The van der Waals surface area contributed by atoms with Crippen molar-refractivity contribution in [2.24, 2.45) is 0 Å². The zero-order valence-electron chi connectivity index (χ0n) is 7.50. The lowest BCUT2D eigenvalue weighted by atomic mass is 10.0. The molecule has 0 N–H and O–H groups in total. The van der Waals surface area contributed by atoms with Crippen molar-refractivity contribution < 1.29 is 9.53 Å². The molecule has 3 heteroatoms. The Morgan fingerprint density at radius 3 is 2.57 bits per heavy atom. The molecule has 72 valence electrons. The fourth-order valence-electron chi connectivity index (χ4n) is 1.41.